The molecule has 0 bridgehead atoms. The summed E-state index contributed by atoms with van der Waals surface area (Å²) in [5, 5.41) is 27.1. The quantitative estimate of drug-likeness (QED) is 0.321. The first-order chi connectivity index (χ1) is 17.2. The van der Waals surface area contributed by atoms with Crippen molar-refractivity contribution in [3.8, 4) is 5.75 Å². The zero-order valence-corrected chi connectivity index (χ0v) is 19.3. The number of benzene rings is 3. The summed E-state index contributed by atoms with van der Waals surface area (Å²) in [7, 11) is 0. The SMILES string of the molecule is CC(C)c1ccc2c(c1)OC1(O)c3cccc([N+](=O)[O-])c3C(=O)C21NC(=O)c1cc2ccccc2o1. The number of furan rings is 1. The van der Waals surface area contributed by atoms with E-state index in [9.17, 15) is 24.8 Å². The molecule has 0 saturated carbocycles. The van der Waals surface area contributed by atoms with Gasteiger partial charge in [-0.25, -0.2) is 0 Å². The lowest BCUT2D eigenvalue weighted by molar-refractivity contribution is -0.385. The highest BCUT2D eigenvalue weighted by Gasteiger charge is 2.73. The van der Waals surface area contributed by atoms with Crippen LogP contribution in [0.25, 0.3) is 11.0 Å². The number of carbonyl (C=O) groups is 2. The molecular weight excluding hydrogens is 464 g/mol. The molecule has 2 aliphatic rings. The molecule has 4 aromatic rings. The number of aliphatic hydroxyl groups is 1. The van der Waals surface area contributed by atoms with Crippen molar-refractivity contribution in [1.82, 2.24) is 5.32 Å². The Morgan fingerprint density at radius 3 is 2.56 bits per heavy atom. The number of nitrogens with zero attached hydrogens (tertiary/aromatic N) is 1. The van der Waals surface area contributed by atoms with Gasteiger partial charge >= 0.3 is 0 Å². The molecule has 1 aliphatic heterocycles. The Morgan fingerprint density at radius 2 is 1.83 bits per heavy atom. The van der Waals surface area contributed by atoms with E-state index in [1.54, 1.807) is 42.5 Å². The van der Waals surface area contributed by atoms with Gasteiger partial charge in [-0.2, -0.15) is 0 Å². The van der Waals surface area contributed by atoms with Crippen LogP contribution in [0.1, 0.15) is 57.4 Å². The van der Waals surface area contributed by atoms with Crippen LogP contribution in [0.4, 0.5) is 5.69 Å². The molecular formula is C27H20N2O7. The summed E-state index contributed by atoms with van der Waals surface area (Å²) < 4.78 is 11.7. The summed E-state index contributed by atoms with van der Waals surface area (Å²) in [6, 6.07) is 17.6. The van der Waals surface area contributed by atoms with E-state index in [4.69, 9.17) is 9.15 Å². The summed E-state index contributed by atoms with van der Waals surface area (Å²) in [6.07, 6.45) is 0. The second kappa shape index (κ2) is 7.25. The molecule has 9 heteroatoms. The summed E-state index contributed by atoms with van der Waals surface area (Å²) in [5.41, 5.74) is -1.49. The van der Waals surface area contributed by atoms with Crippen LogP contribution in [0.15, 0.2) is 71.1 Å². The predicted molar refractivity (Wildman–Crippen MR) is 128 cm³/mol. The van der Waals surface area contributed by atoms with Gasteiger partial charge in [-0.1, -0.05) is 56.3 Å². The number of hydrogen-bond donors (Lipinski definition) is 2. The van der Waals surface area contributed by atoms with Gasteiger partial charge in [0.2, 0.25) is 11.3 Å². The third-order valence-electron chi connectivity index (χ3n) is 6.96. The van der Waals surface area contributed by atoms with Crippen LogP contribution in [-0.2, 0) is 11.3 Å². The van der Waals surface area contributed by atoms with Crippen LogP contribution >= 0.6 is 0 Å². The molecule has 1 aromatic heterocycles. The van der Waals surface area contributed by atoms with Gasteiger partial charge in [0.05, 0.1) is 4.92 Å². The van der Waals surface area contributed by atoms with Crippen LogP contribution < -0.4 is 10.1 Å². The van der Waals surface area contributed by atoms with Gasteiger partial charge in [-0.3, -0.25) is 19.7 Å². The minimum Gasteiger partial charge on any atom is -0.454 e. The Bertz CT molecular complexity index is 1590. The number of amides is 1. The number of ketones is 1. The van der Waals surface area contributed by atoms with Crippen molar-refractivity contribution >= 4 is 28.3 Å². The number of rotatable bonds is 4. The molecule has 2 heterocycles. The lowest BCUT2D eigenvalue weighted by Crippen LogP contribution is -2.60. The number of fused-ring (bicyclic) bond motifs is 6. The molecule has 2 atom stereocenters. The van der Waals surface area contributed by atoms with E-state index in [0.717, 1.165) is 5.56 Å². The van der Waals surface area contributed by atoms with Crippen LogP contribution in [0.5, 0.6) is 5.75 Å². The molecule has 6 rings (SSSR count). The Labute approximate surface area is 204 Å². The van der Waals surface area contributed by atoms with Crippen molar-refractivity contribution < 1.29 is 28.8 Å². The predicted octanol–water partition coefficient (Wildman–Crippen LogP) is 4.52. The molecule has 2 N–H and O–H groups in total. The monoisotopic (exact) mass is 484 g/mol. The zero-order chi connectivity index (χ0) is 25.4. The second-order valence-corrected chi connectivity index (χ2v) is 9.29. The molecule has 0 spiro atoms. The maximum atomic E-state index is 14.1. The average molecular weight is 484 g/mol. The summed E-state index contributed by atoms with van der Waals surface area (Å²) in [4.78, 5) is 38.6. The lowest BCUT2D eigenvalue weighted by Gasteiger charge is -2.34. The van der Waals surface area contributed by atoms with Crippen molar-refractivity contribution in [2.75, 3.05) is 0 Å². The smallest absolute Gasteiger partial charge is 0.288 e. The topological polar surface area (TPSA) is 132 Å². The van der Waals surface area contributed by atoms with Crippen LogP contribution in [0.2, 0.25) is 0 Å². The van der Waals surface area contributed by atoms with Crippen molar-refractivity contribution in [2.24, 2.45) is 0 Å². The second-order valence-electron chi connectivity index (χ2n) is 9.29. The molecule has 1 amide bonds. The number of para-hydroxylation sites is 1. The number of carbonyl (C=O) groups excluding carboxylic acids is 2. The lowest BCUT2D eigenvalue weighted by atomic mass is 9.82. The molecule has 3 aromatic carbocycles. The number of ether oxygens (including phenoxy) is 1. The third kappa shape index (κ3) is 2.68. The molecule has 0 fully saturated rings. The summed E-state index contributed by atoms with van der Waals surface area (Å²) in [6.45, 7) is 3.96. The fourth-order valence-electron chi connectivity index (χ4n) is 5.18. The van der Waals surface area contributed by atoms with E-state index in [1.165, 1.54) is 24.3 Å². The van der Waals surface area contributed by atoms with Crippen LogP contribution in [0, 0.1) is 10.1 Å². The number of Topliss-reactive ketones (excluding diaryl/α,β-unsaturated/α-hetero) is 1. The maximum Gasteiger partial charge on any atom is 0.288 e. The fraction of sp³-hybridized carbons (Fsp3) is 0.185. The Hall–Kier alpha value is -4.50. The zero-order valence-electron chi connectivity index (χ0n) is 19.3. The number of nitrogens with one attached hydrogen (secondary N) is 1. The van der Waals surface area contributed by atoms with Gasteiger partial charge in [0.25, 0.3) is 17.4 Å². The van der Waals surface area contributed by atoms with Gasteiger partial charge in [-0.15, -0.1) is 0 Å². The highest BCUT2D eigenvalue weighted by atomic mass is 16.6. The normalized spacial score (nSPS) is 21.7. The molecule has 1 aliphatic carbocycles. The van der Waals surface area contributed by atoms with Crippen molar-refractivity contribution in [1.29, 1.82) is 0 Å². The standard InChI is InChI=1S/C27H20N2O7/c1-14(2)15-10-11-17-21(12-15)36-27(32)18-7-5-8-19(29(33)34)23(18)24(30)26(17,27)28-25(31)22-13-16-6-3-4-9-20(16)35-22/h3-14,32H,1-2H3,(H,28,31). The minimum atomic E-state index is -2.41. The Balaban J connectivity index is 1.57. The van der Waals surface area contributed by atoms with E-state index in [0.29, 0.717) is 11.0 Å². The average Bonchev–Trinajstić information content (AvgIpc) is 3.45. The molecule has 2 unspecified atom stereocenters. The van der Waals surface area contributed by atoms with Gasteiger partial charge < -0.3 is 19.6 Å². The van der Waals surface area contributed by atoms with Crippen LogP contribution in [-0.4, -0.2) is 21.7 Å². The Kier molecular flexibility index (Phi) is 4.43. The summed E-state index contributed by atoms with van der Waals surface area (Å²) in [5.74, 6) is -3.78. The first kappa shape index (κ1) is 22.0. The minimum absolute atomic E-state index is 0.0848. The van der Waals surface area contributed by atoms with Gasteiger partial charge in [0.1, 0.15) is 16.9 Å². The number of nitro groups is 1. The van der Waals surface area contributed by atoms with Gasteiger partial charge in [0, 0.05) is 22.6 Å². The van der Waals surface area contributed by atoms with E-state index in [2.05, 4.69) is 5.32 Å². The molecule has 180 valence electrons. The van der Waals surface area contributed by atoms with Crippen LogP contribution in [0.3, 0.4) is 0 Å². The van der Waals surface area contributed by atoms with Gasteiger partial charge in [-0.05, 0) is 29.7 Å². The van der Waals surface area contributed by atoms with Crippen molar-refractivity contribution in [3.05, 3.63) is 105 Å². The molecule has 0 saturated heterocycles. The van der Waals surface area contributed by atoms with E-state index in [1.807, 2.05) is 13.8 Å². The van der Waals surface area contributed by atoms with Gasteiger partial charge in [0.15, 0.2) is 5.76 Å². The first-order valence-electron chi connectivity index (χ1n) is 11.4. The van der Waals surface area contributed by atoms with E-state index < -0.39 is 33.6 Å². The third-order valence-corrected chi connectivity index (χ3v) is 6.96. The Morgan fingerprint density at radius 1 is 1.06 bits per heavy atom. The van der Waals surface area contributed by atoms with E-state index in [-0.39, 0.29) is 34.1 Å². The van der Waals surface area contributed by atoms with E-state index >= 15 is 0 Å². The van der Waals surface area contributed by atoms with Crippen molar-refractivity contribution in [3.63, 3.8) is 0 Å². The number of nitro benzene ring substituents is 1. The van der Waals surface area contributed by atoms with Crippen molar-refractivity contribution in [2.45, 2.75) is 31.1 Å². The summed E-state index contributed by atoms with van der Waals surface area (Å²) >= 11 is 0. The largest absolute Gasteiger partial charge is 0.454 e. The highest BCUT2D eigenvalue weighted by Crippen LogP contribution is 2.59. The molecule has 36 heavy (non-hydrogen) atoms. The fourth-order valence-corrected chi connectivity index (χ4v) is 5.18. The number of hydrogen-bond acceptors (Lipinski definition) is 7. The highest BCUT2D eigenvalue weighted by molar-refractivity contribution is 6.15. The first-order valence-corrected chi connectivity index (χ1v) is 11.4. The molecule has 0 radical (unpaired) electrons. The molecule has 9 nitrogen and oxygen atoms in total. The maximum absolute atomic E-state index is 14.1.